The Hall–Kier alpha value is -2.23. The van der Waals surface area contributed by atoms with Crippen molar-refractivity contribution in [3.63, 3.8) is 0 Å². The molecule has 0 unspecified atom stereocenters. The number of carbonyl (C=O) groups excluding carboxylic acids is 1. The zero-order valence-corrected chi connectivity index (χ0v) is 10.0. The minimum Gasteiger partial charge on any atom is -0.508 e. The van der Waals surface area contributed by atoms with Gasteiger partial charge in [0, 0.05) is 37.1 Å². The van der Waals surface area contributed by atoms with E-state index in [4.69, 9.17) is 0 Å². The van der Waals surface area contributed by atoms with Crippen LogP contribution in [0, 0.1) is 0 Å². The molecule has 94 valence electrons. The lowest BCUT2D eigenvalue weighted by Gasteiger charge is -2.06. The summed E-state index contributed by atoms with van der Waals surface area (Å²) in [4.78, 5) is 11.7. The Morgan fingerprint density at radius 1 is 1.22 bits per heavy atom. The van der Waals surface area contributed by atoms with Gasteiger partial charge in [-0.15, -0.1) is 0 Å². The molecule has 0 aliphatic heterocycles. The van der Waals surface area contributed by atoms with Crippen molar-refractivity contribution in [2.24, 2.45) is 0 Å². The molecule has 0 spiro atoms. The molecule has 0 bridgehead atoms. The maximum absolute atomic E-state index is 11.7. The summed E-state index contributed by atoms with van der Waals surface area (Å²) in [7, 11) is 0. The van der Waals surface area contributed by atoms with E-state index >= 15 is 0 Å². The minimum atomic E-state index is -0.0345. The fourth-order valence-electron chi connectivity index (χ4n) is 1.75. The molecule has 1 amide bonds. The second-order valence-corrected chi connectivity index (χ2v) is 4.12. The second-order valence-electron chi connectivity index (χ2n) is 4.12. The van der Waals surface area contributed by atoms with Crippen molar-refractivity contribution in [3.05, 3.63) is 48.8 Å². The molecule has 2 rings (SSSR count). The molecule has 1 aromatic heterocycles. The van der Waals surface area contributed by atoms with Gasteiger partial charge < -0.3 is 15.0 Å². The summed E-state index contributed by atoms with van der Waals surface area (Å²) in [6.45, 7) is 0.834. The maximum Gasteiger partial charge on any atom is 0.224 e. The van der Waals surface area contributed by atoms with E-state index in [9.17, 15) is 9.90 Å². The highest BCUT2D eigenvalue weighted by atomic mass is 16.3. The molecular formula is C14H16N2O2. The van der Waals surface area contributed by atoms with Crippen LogP contribution in [-0.2, 0) is 11.3 Å². The Morgan fingerprint density at radius 2 is 2.00 bits per heavy atom. The molecule has 0 radical (unpaired) electrons. The normalized spacial score (nSPS) is 10.2. The van der Waals surface area contributed by atoms with Crippen molar-refractivity contribution in [1.82, 2.24) is 4.57 Å². The van der Waals surface area contributed by atoms with Crippen molar-refractivity contribution in [1.29, 1.82) is 0 Å². The van der Waals surface area contributed by atoms with E-state index < -0.39 is 0 Å². The lowest BCUT2D eigenvalue weighted by molar-refractivity contribution is -0.116. The molecule has 4 heteroatoms. The van der Waals surface area contributed by atoms with Crippen molar-refractivity contribution in [2.45, 2.75) is 19.4 Å². The number of nitrogens with zero attached hydrogens (tertiary/aromatic N) is 1. The summed E-state index contributed by atoms with van der Waals surface area (Å²) >= 11 is 0. The van der Waals surface area contributed by atoms with Crippen LogP contribution in [0.1, 0.15) is 12.8 Å². The summed E-state index contributed by atoms with van der Waals surface area (Å²) in [6.07, 6.45) is 5.22. The SMILES string of the molecule is O=C(CCCn1cccc1)Nc1cccc(O)c1. The number of hydrogen-bond donors (Lipinski definition) is 2. The number of nitrogens with one attached hydrogen (secondary N) is 1. The fraction of sp³-hybridized carbons (Fsp3) is 0.214. The summed E-state index contributed by atoms with van der Waals surface area (Å²) < 4.78 is 2.04. The molecule has 0 aliphatic carbocycles. The molecule has 0 saturated carbocycles. The fourth-order valence-corrected chi connectivity index (χ4v) is 1.75. The Morgan fingerprint density at radius 3 is 2.72 bits per heavy atom. The predicted molar refractivity (Wildman–Crippen MR) is 70.4 cm³/mol. The molecule has 2 N–H and O–H groups in total. The molecule has 18 heavy (non-hydrogen) atoms. The lowest BCUT2D eigenvalue weighted by atomic mass is 10.2. The first-order valence-corrected chi connectivity index (χ1v) is 5.94. The summed E-state index contributed by atoms with van der Waals surface area (Å²) in [5.41, 5.74) is 0.626. The first-order chi connectivity index (χ1) is 8.74. The van der Waals surface area contributed by atoms with E-state index in [1.54, 1.807) is 18.2 Å². The third-order valence-electron chi connectivity index (χ3n) is 2.62. The number of amides is 1. The van der Waals surface area contributed by atoms with Gasteiger partial charge >= 0.3 is 0 Å². The standard InChI is InChI=1S/C14H16N2O2/c17-13-6-3-5-12(11-13)15-14(18)7-4-10-16-8-1-2-9-16/h1-3,5-6,8-9,11,17H,4,7,10H2,(H,15,18). The monoisotopic (exact) mass is 244 g/mol. The van der Waals surface area contributed by atoms with E-state index in [1.807, 2.05) is 29.1 Å². The van der Waals surface area contributed by atoms with Crippen LogP contribution in [0.25, 0.3) is 0 Å². The third-order valence-corrected chi connectivity index (χ3v) is 2.62. The van der Waals surface area contributed by atoms with Gasteiger partial charge in [-0.05, 0) is 30.7 Å². The van der Waals surface area contributed by atoms with Gasteiger partial charge in [-0.1, -0.05) is 6.07 Å². The van der Waals surface area contributed by atoms with Gasteiger partial charge in [-0.3, -0.25) is 4.79 Å². The molecule has 0 aliphatic rings. The summed E-state index contributed by atoms with van der Waals surface area (Å²) in [5, 5.41) is 12.0. The summed E-state index contributed by atoms with van der Waals surface area (Å²) in [6, 6.07) is 10.5. The van der Waals surface area contributed by atoms with Crippen molar-refractivity contribution in [2.75, 3.05) is 5.32 Å². The summed E-state index contributed by atoms with van der Waals surface area (Å²) in [5.74, 6) is 0.118. The Kier molecular flexibility index (Phi) is 4.02. The van der Waals surface area contributed by atoms with Gasteiger partial charge in [0.2, 0.25) is 5.91 Å². The van der Waals surface area contributed by atoms with Crippen molar-refractivity contribution in [3.8, 4) is 5.75 Å². The van der Waals surface area contributed by atoms with E-state index in [0.29, 0.717) is 12.1 Å². The first-order valence-electron chi connectivity index (χ1n) is 5.94. The molecule has 2 aromatic rings. The minimum absolute atomic E-state index is 0.0345. The van der Waals surface area contributed by atoms with E-state index in [1.165, 1.54) is 6.07 Å². The Bertz CT molecular complexity index is 506. The zero-order valence-electron chi connectivity index (χ0n) is 10.0. The topological polar surface area (TPSA) is 54.3 Å². The van der Waals surface area contributed by atoms with Crippen LogP contribution in [0.5, 0.6) is 5.75 Å². The average Bonchev–Trinajstić information content (AvgIpc) is 2.82. The Labute approximate surface area is 106 Å². The number of phenols is 1. The number of benzene rings is 1. The molecule has 1 heterocycles. The second kappa shape index (κ2) is 5.91. The predicted octanol–water partition coefficient (Wildman–Crippen LogP) is 2.61. The van der Waals surface area contributed by atoms with Gasteiger partial charge in [0.25, 0.3) is 0 Å². The highest BCUT2D eigenvalue weighted by Crippen LogP contribution is 2.15. The van der Waals surface area contributed by atoms with Gasteiger partial charge in [0.15, 0.2) is 0 Å². The van der Waals surface area contributed by atoms with Crippen LogP contribution in [0.3, 0.4) is 0 Å². The highest BCUT2D eigenvalue weighted by molar-refractivity contribution is 5.90. The molecule has 1 aromatic carbocycles. The van der Waals surface area contributed by atoms with Crippen LogP contribution in [-0.4, -0.2) is 15.6 Å². The Balaban J connectivity index is 1.75. The number of rotatable bonds is 5. The van der Waals surface area contributed by atoms with E-state index in [2.05, 4.69) is 5.32 Å². The van der Waals surface area contributed by atoms with Gasteiger partial charge in [0.1, 0.15) is 5.75 Å². The highest BCUT2D eigenvalue weighted by Gasteiger charge is 2.02. The molecule has 0 fully saturated rings. The largest absolute Gasteiger partial charge is 0.508 e. The van der Waals surface area contributed by atoms with Gasteiger partial charge in [-0.25, -0.2) is 0 Å². The third kappa shape index (κ3) is 3.66. The molecule has 4 nitrogen and oxygen atoms in total. The number of aromatic nitrogens is 1. The van der Waals surface area contributed by atoms with E-state index in [-0.39, 0.29) is 11.7 Å². The average molecular weight is 244 g/mol. The zero-order chi connectivity index (χ0) is 12.8. The lowest BCUT2D eigenvalue weighted by Crippen LogP contribution is -2.12. The van der Waals surface area contributed by atoms with Crippen LogP contribution in [0.15, 0.2) is 48.8 Å². The maximum atomic E-state index is 11.7. The van der Waals surface area contributed by atoms with Crippen LogP contribution >= 0.6 is 0 Å². The van der Waals surface area contributed by atoms with Crippen LogP contribution in [0.4, 0.5) is 5.69 Å². The van der Waals surface area contributed by atoms with Crippen molar-refractivity contribution >= 4 is 11.6 Å². The van der Waals surface area contributed by atoms with Crippen LogP contribution in [0.2, 0.25) is 0 Å². The number of phenolic OH excluding ortho intramolecular Hbond substituents is 1. The molecule has 0 saturated heterocycles. The smallest absolute Gasteiger partial charge is 0.224 e. The number of aromatic hydroxyl groups is 1. The van der Waals surface area contributed by atoms with Crippen LogP contribution < -0.4 is 5.32 Å². The van der Waals surface area contributed by atoms with Gasteiger partial charge in [-0.2, -0.15) is 0 Å². The quantitative estimate of drug-likeness (QED) is 0.849. The number of carbonyl (C=O) groups is 1. The number of hydrogen-bond acceptors (Lipinski definition) is 2. The van der Waals surface area contributed by atoms with Crippen molar-refractivity contribution < 1.29 is 9.90 Å². The van der Waals surface area contributed by atoms with Gasteiger partial charge in [0.05, 0.1) is 0 Å². The molecular weight excluding hydrogens is 228 g/mol. The first kappa shape index (κ1) is 12.2. The molecule has 0 atom stereocenters. The number of anilines is 1. The van der Waals surface area contributed by atoms with E-state index in [0.717, 1.165) is 13.0 Å². The number of aryl methyl sites for hydroxylation is 1.